The SMILES string of the molecule is O=C(CCSc1ccccc1F)Nc1ccc2c(c1)OCO2. The minimum Gasteiger partial charge on any atom is -0.454 e. The van der Waals surface area contributed by atoms with Crippen LogP contribution >= 0.6 is 11.8 Å². The van der Waals surface area contributed by atoms with Crippen LogP contribution in [0.5, 0.6) is 11.5 Å². The molecule has 0 unspecified atom stereocenters. The van der Waals surface area contributed by atoms with E-state index in [4.69, 9.17) is 9.47 Å². The predicted octanol–water partition coefficient (Wildman–Crippen LogP) is 3.68. The summed E-state index contributed by atoms with van der Waals surface area (Å²) in [5, 5.41) is 2.79. The van der Waals surface area contributed by atoms with Crippen LogP contribution in [0.2, 0.25) is 0 Å². The highest BCUT2D eigenvalue weighted by atomic mass is 32.2. The molecule has 0 spiro atoms. The zero-order valence-electron chi connectivity index (χ0n) is 11.7. The van der Waals surface area contributed by atoms with Crippen LogP contribution in [-0.4, -0.2) is 18.5 Å². The molecule has 22 heavy (non-hydrogen) atoms. The molecule has 1 amide bonds. The zero-order valence-corrected chi connectivity index (χ0v) is 12.5. The number of thioether (sulfide) groups is 1. The number of anilines is 1. The van der Waals surface area contributed by atoms with Crippen LogP contribution in [0.3, 0.4) is 0 Å². The molecule has 3 rings (SSSR count). The maximum atomic E-state index is 13.4. The number of carbonyl (C=O) groups is 1. The zero-order chi connectivity index (χ0) is 15.4. The molecule has 0 aliphatic carbocycles. The standard InChI is InChI=1S/C16H14FNO3S/c17-12-3-1-2-4-15(12)22-8-7-16(19)18-11-5-6-13-14(9-11)21-10-20-13/h1-6,9H,7-8,10H2,(H,18,19). The topological polar surface area (TPSA) is 47.6 Å². The summed E-state index contributed by atoms with van der Waals surface area (Å²) in [6, 6.07) is 11.8. The fourth-order valence-electron chi connectivity index (χ4n) is 2.01. The lowest BCUT2D eigenvalue weighted by Crippen LogP contribution is -2.12. The van der Waals surface area contributed by atoms with E-state index in [9.17, 15) is 9.18 Å². The van der Waals surface area contributed by atoms with E-state index >= 15 is 0 Å². The third-order valence-electron chi connectivity index (χ3n) is 3.08. The maximum absolute atomic E-state index is 13.4. The van der Waals surface area contributed by atoms with Gasteiger partial charge in [0, 0.05) is 28.8 Å². The Morgan fingerprint density at radius 1 is 1.18 bits per heavy atom. The van der Waals surface area contributed by atoms with Crippen LogP contribution in [0.25, 0.3) is 0 Å². The summed E-state index contributed by atoms with van der Waals surface area (Å²) in [6.45, 7) is 0.200. The number of benzene rings is 2. The van der Waals surface area contributed by atoms with Crippen molar-refractivity contribution >= 4 is 23.4 Å². The molecular formula is C16H14FNO3S. The van der Waals surface area contributed by atoms with Gasteiger partial charge in [-0.2, -0.15) is 0 Å². The van der Waals surface area contributed by atoms with Crippen molar-refractivity contribution in [3.8, 4) is 11.5 Å². The van der Waals surface area contributed by atoms with Crippen LogP contribution in [0.15, 0.2) is 47.4 Å². The number of hydrogen-bond donors (Lipinski definition) is 1. The molecule has 0 fully saturated rings. The van der Waals surface area contributed by atoms with Gasteiger partial charge in [0.15, 0.2) is 11.5 Å². The lowest BCUT2D eigenvalue weighted by atomic mass is 10.2. The van der Waals surface area contributed by atoms with Crippen molar-refractivity contribution in [2.45, 2.75) is 11.3 Å². The third-order valence-corrected chi connectivity index (χ3v) is 4.13. The Kier molecular flexibility index (Phi) is 4.48. The van der Waals surface area contributed by atoms with Crippen molar-refractivity contribution in [1.29, 1.82) is 0 Å². The van der Waals surface area contributed by atoms with Gasteiger partial charge in [0.2, 0.25) is 12.7 Å². The van der Waals surface area contributed by atoms with Crippen LogP contribution in [0.1, 0.15) is 6.42 Å². The first kappa shape index (κ1) is 14.7. The highest BCUT2D eigenvalue weighted by molar-refractivity contribution is 7.99. The summed E-state index contributed by atoms with van der Waals surface area (Å²) in [6.07, 6.45) is 0.299. The first-order valence-corrected chi connectivity index (χ1v) is 7.78. The Hall–Kier alpha value is -2.21. The smallest absolute Gasteiger partial charge is 0.231 e. The van der Waals surface area contributed by atoms with Crippen LogP contribution in [-0.2, 0) is 4.79 Å². The summed E-state index contributed by atoms with van der Waals surface area (Å²) in [5.41, 5.74) is 0.658. The van der Waals surface area contributed by atoms with Gasteiger partial charge in [-0.25, -0.2) is 4.39 Å². The molecule has 1 N–H and O–H groups in total. The lowest BCUT2D eigenvalue weighted by molar-refractivity contribution is -0.115. The summed E-state index contributed by atoms with van der Waals surface area (Å²) >= 11 is 1.33. The predicted molar refractivity (Wildman–Crippen MR) is 82.9 cm³/mol. The fraction of sp³-hybridized carbons (Fsp3) is 0.188. The average molecular weight is 319 g/mol. The molecule has 0 bridgehead atoms. The Balaban J connectivity index is 1.49. The van der Waals surface area contributed by atoms with E-state index in [0.29, 0.717) is 34.3 Å². The molecule has 0 aromatic heterocycles. The van der Waals surface area contributed by atoms with E-state index < -0.39 is 0 Å². The van der Waals surface area contributed by atoms with Crippen LogP contribution in [0.4, 0.5) is 10.1 Å². The molecule has 6 heteroatoms. The summed E-state index contributed by atoms with van der Waals surface area (Å²) in [7, 11) is 0. The lowest BCUT2D eigenvalue weighted by Gasteiger charge is -2.06. The third kappa shape index (κ3) is 3.51. The summed E-state index contributed by atoms with van der Waals surface area (Å²) in [5.74, 6) is 1.43. The normalized spacial score (nSPS) is 12.2. The largest absolute Gasteiger partial charge is 0.454 e. The van der Waals surface area contributed by atoms with Crippen molar-refractivity contribution in [2.75, 3.05) is 17.9 Å². The molecule has 0 radical (unpaired) electrons. The second-order valence-electron chi connectivity index (χ2n) is 4.65. The van der Waals surface area contributed by atoms with E-state index in [2.05, 4.69) is 5.32 Å². The Bertz CT molecular complexity index is 693. The van der Waals surface area contributed by atoms with Crippen LogP contribution < -0.4 is 14.8 Å². The molecule has 114 valence electrons. The molecule has 0 saturated carbocycles. The molecule has 1 aliphatic heterocycles. The van der Waals surface area contributed by atoms with Gasteiger partial charge >= 0.3 is 0 Å². The van der Waals surface area contributed by atoms with E-state index in [-0.39, 0.29) is 18.5 Å². The van der Waals surface area contributed by atoms with E-state index in [0.717, 1.165) is 0 Å². The minimum atomic E-state index is -0.260. The number of halogens is 1. The number of hydrogen-bond acceptors (Lipinski definition) is 4. The average Bonchev–Trinajstić information content (AvgIpc) is 2.97. The second kappa shape index (κ2) is 6.70. The van der Waals surface area contributed by atoms with Crippen molar-refractivity contribution in [1.82, 2.24) is 0 Å². The van der Waals surface area contributed by atoms with Gasteiger partial charge in [0.25, 0.3) is 0 Å². The first-order chi connectivity index (χ1) is 10.7. The Labute approximate surface area is 131 Å². The summed E-state index contributed by atoms with van der Waals surface area (Å²) < 4.78 is 23.9. The van der Waals surface area contributed by atoms with E-state index in [1.807, 2.05) is 0 Å². The number of carbonyl (C=O) groups excluding carboxylic acids is 1. The molecule has 0 saturated heterocycles. The molecular weight excluding hydrogens is 305 g/mol. The second-order valence-corrected chi connectivity index (χ2v) is 5.78. The number of rotatable bonds is 5. The molecule has 2 aromatic carbocycles. The summed E-state index contributed by atoms with van der Waals surface area (Å²) in [4.78, 5) is 12.5. The van der Waals surface area contributed by atoms with Crippen molar-refractivity contribution in [3.63, 3.8) is 0 Å². The first-order valence-electron chi connectivity index (χ1n) is 6.79. The molecule has 2 aromatic rings. The monoisotopic (exact) mass is 319 g/mol. The number of amides is 1. The maximum Gasteiger partial charge on any atom is 0.231 e. The van der Waals surface area contributed by atoms with E-state index in [1.165, 1.54) is 17.8 Å². The Morgan fingerprint density at radius 3 is 2.86 bits per heavy atom. The van der Waals surface area contributed by atoms with Gasteiger partial charge in [-0.15, -0.1) is 11.8 Å². The van der Waals surface area contributed by atoms with Gasteiger partial charge in [0.1, 0.15) is 5.82 Å². The Morgan fingerprint density at radius 2 is 2.00 bits per heavy atom. The number of fused-ring (bicyclic) bond motifs is 1. The highest BCUT2D eigenvalue weighted by Crippen LogP contribution is 2.34. The quantitative estimate of drug-likeness (QED) is 0.854. The molecule has 0 atom stereocenters. The minimum absolute atomic E-state index is 0.122. The van der Waals surface area contributed by atoms with E-state index in [1.54, 1.807) is 36.4 Å². The van der Waals surface area contributed by atoms with Gasteiger partial charge < -0.3 is 14.8 Å². The van der Waals surface area contributed by atoms with Gasteiger partial charge in [-0.1, -0.05) is 12.1 Å². The highest BCUT2D eigenvalue weighted by Gasteiger charge is 2.14. The van der Waals surface area contributed by atoms with Gasteiger partial charge in [-0.3, -0.25) is 4.79 Å². The van der Waals surface area contributed by atoms with Gasteiger partial charge in [0.05, 0.1) is 0 Å². The van der Waals surface area contributed by atoms with Crippen LogP contribution in [0, 0.1) is 5.82 Å². The molecule has 1 heterocycles. The molecule has 4 nitrogen and oxygen atoms in total. The van der Waals surface area contributed by atoms with Crippen molar-refractivity contribution in [3.05, 3.63) is 48.3 Å². The fourth-order valence-corrected chi connectivity index (χ4v) is 2.90. The molecule has 1 aliphatic rings. The number of ether oxygens (including phenoxy) is 2. The van der Waals surface area contributed by atoms with Gasteiger partial charge in [-0.05, 0) is 24.3 Å². The van der Waals surface area contributed by atoms with Crippen molar-refractivity contribution in [2.24, 2.45) is 0 Å². The number of nitrogens with one attached hydrogen (secondary N) is 1. The van der Waals surface area contributed by atoms with Crippen molar-refractivity contribution < 1.29 is 18.7 Å².